The van der Waals surface area contributed by atoms with E-state index >= 15 is 0 Å². The number of hydrogen-bond acceptors (Lipinski definition) is 4. The van der Waals surface area contributed by atoms with E-state index in [1.165, 1.54) is 12.8 Å². The Morgan fingerprint density at radius 3 is 2.71 bits per heavy atom. The summed E-state index contributed by atoms with van der Waals surface area (Å²) in [5.41, 5.74) is 0.912. The summed E-state index contributed by atoms with van der Waals surface area (Å²) in [4.78, 5) is 16.2. The molecule has 1 saturated heterocycles. The Balaban J connectivity index is 1.66. The van der Waals surface area contributed by atoms with Gasteiger partial charge in [-0.1, -0.05) is 24.9 Å². The molecule has 0 aromatic carbocycles. The predicted molar refractivity (Wildman–Crippen MR) is 81.0 cm³/mol. The molecule has 0 spiro atoms. The van der Waals surface area contributed by atoms with Gasteiger partial charge in [-0.2, -0.15) is 0 Å². The van der Waals surface area contributed by atoms with Crippen molar-refractivity contribution in [3.8, 4) is 0 Å². The first-order chi connectivity index (χ1) is 10.2. The number of nitrogens with zero attached hydrogens (tertiary/aromatic N) is 3. The Morgan fingerprint density at radius 2 is 2.10 bits per heavy atom. The second-order valence-corrected chi connectivity index (χ2v) is 5.64. The first-order valence-electron chi connectivity index (χ1n) is 7.86. The Kier molecular flexibility index (Phi) is 6.04. The lowest BCUT2D eigenvalue weighted by Gasteiger charge is -2.34. The quantitative estimate of drug-likeness (QED) is 0.815. The largest absolute Gasteiger partial charge is 0.360 e. The van der Waals surface area contributed by atoms with Gasteiger partial charge >= 0.3 is 6.03 Å². The molecule has 1 N–H and O–H groups in total. The number of nitrogens with one attached hydrogen (secondary N) is 1. The molecule has 21 heavy (non-hydrogen) atoms. The van der Waals surface area contributed by atoms with Gasteiger partial charge in [0.15, 0.2) is 5.76 Å². The lowest BCUT2D eigenvalue weighted by Crippen LogP contribution is -2.51. The first kappa shape index (κ1) is 15.8. The summed E-state index contributed by atoms with van der Waals surface area (Å²) in [5.74, 6) is 0.893. The number of urea groups is 1. The van der Waals surface area contributed by atoms with Gasteiger partial charge in [0.05, 0.1) is 12.2 Å². The standard InChI is InChI=1S/C15H26N4O2/c1-3-4-5-6-16-15(20)19-9-7-18(8-10-19)12-14-11-13(2)17-21-14/h11H,3-10,12H2,1-2H3,(H,16,20). The number of unbranched alkanes of at least 4 members (excludes halogenated alkanes) is 2. The van der Waals surface area contributed by atoms with Crippen LogP contribution in [0.15, 0.2) is 10.6 Å². The third kappa shape index (κ3) is 5.04. The highest BCUT2D eigenvalue weighted by Gasteiger charge is 2.21. The predicted octanol–water partition coefficient (Wildman–Crippen LogP) is 2.00. The van der Waals surface area contributed by atoms with Crippen LogP contribution in [0.2, 0.25) is 0 Å². The van der Waals surface area contributed by atoms with Gasteiger partial charge in [-0.3, -0.25) is 4.90 Å². The molecule has 1 aliphatic heterocycles. The molecule has 0 atom stereocenters. The summed E-state index contributed by atoms with van der Waals surface area (Å²) in [6.45, 7) is 8.94. The molecule has 2 amide bonds. The molecule has 6 heteroatoms. The lowest BCUT2D eigenvalue weighted by molar-refractivity contribution is 0.128. The monoisotopic (exact) mass is 294 g/mol. The summed E-state index contributed by atoms with van der Waals surface area (Å²) < 4.78 is 5.23. The maximum Gasteiger partial charge on any atom is 0.317 e. The van der Waals surface area contributed by atoms with Gasteiger partial charge in [-0.25, -0.2) is 4.79 Å². The van der Waals surface area contributed by atoms with Gasteiger partial charge in [-0.15, -0.1) is 0 Å². The molecule has 0 saturated carbocycles. The van der Waals surface area contributed by atoms with Crippen molar-refractivity contribution in [2.75, 3.05) is 32.7 Å². The fourth-order valence-corrected chi connectivity index (χ4v) is 2.50. The number of rotatable bonds is 6. The number of amides is 2. The Bertz CT molecular complexity index is 439. The SMILES string of the molecule is CCCCCNC(=O)N1CCN(Cc2cc(C)no2)CC1. The van der Waals surface area contributed by atoms with Crippen molar-refractivity contribution in [2.45, 2.75) is 39.7 Å². The van der Waals surface area contributed by atoms with E-state index in [0.29, 0.717) is 0 Å². The minimum Gasteiger partial charge on any atom is -0.360 e. The maximum absolute atomic E-state index is 12.0. The van der Waals surface area contributed by atoms with E-state index < -0.39 is 0 Å². The second kappa shape index (κ2) is 8.02. The van der Waals surface area contributed by atoms with Crippen LogP contribution in [0.3, 0.4) is 0 Å². The van der Waals surface area contributed by atoms with E-state index in [9.17, 15) is 4.79 Å². The zero-order valence-corrected chi connectivity index (χ0v) is 13.1. The summed E-state index contributed by atoms with van der Waals surface area (Å²) in [5, 5.41) is 6.89. The molecule has 1 aliphatic rings. The van der Waals surface area contributed by atoms with E-state index in [1.807, 2.05) is 17.9 Å². The molecule has 0 aliphatic carbocycles. The van der Waals surface area contributed by atoms with Crippen LogP contribution in [0.25, 0.3) is 0 Å². The van der Waals surface area contributed by atoms with Crippen molar-refractivity contribution in [3.63, 3.8) is 0 Å². The van der Waals surface area contributed by atoms with E-state index in [0.717, 1.165) is 57.1 Å². The van der Waals surface area contributed by atoms with Crippen LogP contribution in [-0.2, 0) is 6.54 Å². The molecule has 1 aromatic rings. The van der Waals surface area contributed by atoms with E-state index in [-0.39, 0.29) is 6.03 Å². The van der Waals surface area contributed by atoms with Crippen LogP contribution in [0.1, 0.15) is 37.6 Å². The number of piperazine rings is 1. The average Bonchev–Trinajstić information content (AvgIpc) is 2.89. The van der Waals surface area contributed by atoms with Gasteiger partial charge in [0.25, 0.3) is 0 Å². The summed E-state index contributed by atoms with van der Waals surface area (Å²) in [6.07, 6.45) is 3.41. The van der Waals surface area contributed by atoms with Gasteiger partial charge < -0.3 is 14.7 Å². The smallest absolute Gasteiger partial charge is 0.317 e. The van der Waals surface area contributed by atoms with Crippen LogP contribution in [-0.4, -0.2) is 53.7 Å². The van der Waals surface area contributed by atoms with E-state index in [4.69, 9.17) is 4.52 Å². The van der Waals surface area contributed by atoms with Crippen molar-refractivity contribution in [2.24, 2.45) is 0 Å². The van der Waals surface area contributed by atoms with Crippen LogP contribution in [0.5, 0.6) is 0 Å². The molecule has 0 bridgehead atoms. The second-order valence-electron chi connectivity index (χ2n) is 5.64. The molecule has 118 valence electrons. The number of hydrogen-bond donors (Lipinski definition) is 1. The zero-order valence-electron chi connectivity index (χ0n) is 13.1. The van der Waals surface area contributed by atoms with Crippen molar-refractivity contribution in [1.29, 1.82) is 0 Å². The third-order valence-electron chi connectivity index (χ3n) is 3.77. The Labute approximate surface area is 126 Å². The van der Waals surface area contributed by atoms with Crippen molar-refractivity contribution < 1.29 is 9.32 Å². The van der Waals surface area contributed by atoms with Gasteiger partial charge in [0.1, 0.15) is 0 Å². The van der Waals surface area contributed by atoms with Crippen LogP contribution >= 0.6 is 0 Å². The molecule has 1 aromatic heterocycles. The minimum atomic E-state index is 0.0706. The van der Waals surface area contributed by atoms with Crippen LogP contribution in [0.4, 0.5) is 4.79 Å². The molecule has 2 rings (SSSR count). The van der Waals surface area contributed by atoms with Crippen LogP contribution < -0.4 is 5.32 Å². The zero-order chi connectivity index (χ0) is 15.1. The number of aromatic nitrogens is 1. The molecule has 1 fully saturated rings. The maximum atomic E-state index is 12.0. The van der Waals surface area contributed by atoms with Gasteiger partial charge in [0.2, 0.25) is 0 Å². The van der Waals surface area contributed by atoms with Crippen molar-refractivity contribution in [1.82, 2.24) is 20.3 Å². The van der Waals surface area contributed by atoms with Crippen molar-refractivity contribution in [3.05, 3.63) is 17.5 Å². The molecule has 0 radical (unpaired) electrons. The molecule has 6 nitrogen and oxygen atoms in total. The highest BCUT2D eigenvalue weighted by molar-refractivity contribution is 5.74. The first-order valence-corrected chi connectivity index (χ1v) is 7.86. The summed E-state index contributed by atoms with van der Waals surface area (Å²) in [7, 11) is 0. The number of carbonyl (C=O) groups excluding carboxylic acids is 1. The fraction of sp³-hybridized carbons (Fsp3) is 0.733. The average molecular weight is 294 g/mol. The summed E-state index contributed by atoms with van der Waals surface area (Å²) >= 11 is 0. The number of carbonyl (C=O) groups is 1. The van der Waals surface area contributed by atoms with Crippen LogP contribution in [0, 0.1) is 6.92 Å². The van der Waals surface area contributed by atoms with E-state index in [2.05, 4.69) is 22.3 Å². The molecular weight excluding hydrogens is 268 g/mol. The van der Waals surface area contributed by atoms with Gasteiger partial charge in [-0.05, 0) is 13.3 Å². The van der Waals surface area contributed by atoms with E-state index in [1.54, 1.807) is 0 Å². The topological polar surface area (TPSA) is 61.6 Å². The minimum absolute atomic E-state index is 0.0706. The Hall–Kier alpha value is -1.56. The molecular formula is C15H26N4O2. The summed E-state index contributed by atoms with van der Waals surface area (Å²) in [6, 6.07) is 2.04. The Morgan fingerprint density at radius 1 is 1.33 bits per heavy atom. The molecule has 0 unspecified atom stereocenters. The fourth-order valence-electron chi connectivity index (χ4n) is 2.50. The highest BCUT2D eigenvalue weighted by Crippen LogP contribution is 2.09. The van der Waals surface area contributed by atoms with Gasteiger partial charge in [0, 0.05) is 38.8 Å². The number of aryl methyl sites for hydroxylation is 1. The third-order valence-corrected chi connectivity index (χ3v) is 3.77. The lowest BCUT2D eigenvalue weighted by atomic mass is 10.2. The molecule has 2 heterocycles. The highest BCUT2D eigenvalue weighted by atomic mass is 16.5. The van der Waals surface area contributed by atoms with Crippen molar-refractivity contribution >= 4 is 6.03 Å². The normalized spacial score (nSPS) is 16.2.